The Hall–Kier alpha value is -1.77. The van der Waals surface area contributed by atoms with Gasteiger partial charge in [-0.2, -0.15) is 0 Å². The fourth-order valence-corrected chi connectivity index (χ4v) is 2.31. The van der Waals surface area contributed by atoms with Crippen LogP contribution in [-0.4, -0.2) is 11.0 Å². The monoisotopic (exact) mass is 303 g/mol. The van der Waals surface area contributed by atoms with Gasteiger partial charge in [-0.1, -0.05) is 48.1 Å². The molecule has 22 heavy (non-hydrogen) atoms. The topological polar surface area (TPSA) is 49.3 Å². The molecule has 0 bridgehead atoms. The van der Waals surface area contributed by atoms with Crippen LogP contribution in [0.4, 0.5) is 5.69 Å². The second-order valence-electron chi connectivity index (χ2n) is 7.09. The van der Waals surface area contributed by atoms with Gasteiger partial charge in [-0.25, -0.2) is 0 Å². The molecule has 0 unspecified atom stereocenters. The van der Waals surface area contributed by atoms with E-state index in [0.717, 1.165) is 24.0 Å². The maximum atomic E-state index is 11.6. The van der Waals surface area contributed by atoms with Gasteiger partial charge in [0.15, 0.2) is 0 Å². The van der Waals surface area contributed by atoms with Crippen LogP contribution in [0, 0.1) is 0 Å². The molecule has 0 heterocycles. The quantitative estimate of drug-likeness (QED) is 0.580. The van der Waals surface area contributed by atoms with E-state index in [1.807, 2.05) is 12.1 Å². The second kappa shape index (κ2) is 6.55. The summed E-state index contributed by atoms with van der Waals surface area (Å²) in [6.07, 6.45) is 3.04. The first-order chi connectivity index (χ1) is 10.1. The van der Waals surface area contributed by atoms with Gasteiger partial charge in [-0.3, -0.25) is 4.79 Å². The number of hydrogen-bond acceptors (Lipinski definition) is 2. The molecule has 122 valence electrons. The van der Waals surface area contributed by atoms with E-state index in [-0.39, 0.29) is 16.7 Å². The highest BCUT2D eigenvalue weighted by Crippen LogP contribution is 2.43. The van der Waals surface area contributed by atoms with Gasteiger partial charge in [0.2, 0.25) is 5.91 Å². The predicted molar refractivity (Wildman–Crippen MR) is 93.6 cm³/mol. The Labute approximate surface area is 134 Å². The third kappa shape index (κ3) is 3.70. The van der Waals surface area contributed by atoms with Crippen LogP contribution in [0.2, 0.25) is 0 Å². The highest BCUT2D eigenvalue weighted by atomic mass is 16.3. The lowest BCUT2D eigenvalue weighted by Crippen LogP contribution is -2.22. The van der Waals surface area contributed by atoms with Crippen molar-refractivity contribution in [3.05, 3.63) is 35.9 Å². The number of carbonyl (C=O) groups is 1. The van der Waals surface area contributed by atoms with Crippen LogP contribution >= 0.6 is 0 Å². The van der Waals surface area contributed by atoms with Crippen LogP contribution in [0.5, 0.6) is 5.75 Å². The van der Waals surface area contributed by atoms with Gasteiger partial charge in [0.25, 0.3) is 0 Å². The SMILES string of the molecule is C=CC(=O)Nc1cc(C(C)(C)CC)c(O)c(C(C)(C)CC)c1. The number of phenols is 1. The van der Waals surface area contributed by atoms with E-state index in [4.69, 9.17) is 0 Å². The van der Waals surface area contributed by atoms with Crippen molar-refractivity contribution in [3.63, 3.8) is 0 Å². The molecule has 0 aliphatic heterocycles. The van der Waals surface area contributed by atoms with Crippen molar-refractivity contribution in [1.82, 2.24) is 0 Å². The molecule has 1 rings (SSSR count). The number of carbonyl (C=O) groups excluding carboxylic acids is 1. The fourth-order valence-electron chi connectivity index (χ4n) is 2.31. The first-order valence-corrected chi connectivity index (χ1v) is 7.90. The average Bonchev–Trinajstić information content (AvgIpc) is 2.48. The van der Waals surface area contributed by atoms with Gasteiger partial charge in [-0.05, 0) is 41.9 Å². The van der Waals surface area contributed by atoms with E-state index in [1.54, 1.807) is 0 Å². The number of hydrogen-bond donors (Lipinski definition) is 2. The second-order valence-corrected chi connectivity index (χ2v) is 7.09. The van der Waals surface area contributed by atoms with Crippen LogP contribution in [-0.2, 0) is 15.6 Å². The van der Waals surface area contributed by atoms with E-state index in [9.17, 15) is 9.90 Å². The number of nitrogens with one attached hydrogen (secondary N) is 1. The standard InChI is InChI=1S/C19H29NO2/c1-8-16(21)20-13-11-14(18(4,5)9-2)17(22)15(12-13)19(6,7)10-3/h8,11-12,22H,1,9-10H2,2-7H3,(H,20,21). The molecular formula is C19H29NO2. The third-order valence-corrected chi connectivity index (χ3v) is 4.79. The van der Waals surface area contributed by atoms with Crippen LogP contribution in [0.25, 0.3) is 0 Å². The predicted octanol–water partition coefficient (Wildman–Crippen LogP) is 4.89. The van der Waals surface area contributed by atoms with Gasteiger partial charge >= 0.3 is 0 Å². The summed E-state index contributed by atoms with van der Waals surface area (Å²) in [5.41, 5.74) is 2.10. The number of rotatable bonds is 6. The van der Waals surface area contributed by atoms with Gasteiger partial charge < -0.3 is 10.4 Å². The van der Waals surface area contributed by atoms with E-state index >= 15 is 0 Å². The van der Waals surface area contributed by atoms with E-state index in [2.05, 4.69) is 53.4 Å². The fraction of sp³-hybridized carbons (Fsp3) is 0.526. The lowest BCUT2D eigenvalue weighted by Gasteiger charge is -2.31. The zero-order valence-electron chi connectivity index (χ0n) is 14.7. The highest BCUT2D eigenvalue weighted by Gasteiger charge is 2.29. The van der Waals surface area contributed by atoms with Gasteiger partial charge in [0, 0.05) is 16.8 Å². The smallest absolute Gasteiger partial charge is 0.247 e. The zero-order chi connectivity index (χ0) is 17.1. The molecule has 0 aliphatic carbocycles. The van der Waals surface area contributed by atoms with Crippen molar-refractivity contribution >= 4 is 11.6 Å². The minimum atomic E-state index is -0.244. The van der Waals surface area contributed by atoms with Gasteiger partial charge in [0.1, 0.15) is 5.75 Å². The summed E-state index contributed by atoms with van der Waals surface area (Å²) in [4.78, 5) is 11.6. The molecule has 0 saturated heterocycles. The third-order valence-electron chi connectivity index (χ3n) is 4.79. The maximum Gasteiger partial charge on any atom is 0.247 e. The van der Waals surface area contributed by atoms with Crippen molar-refractivity contribution in [1.29, 1.82) is 0 Å². The van der Waals surface area contributed by atoms with Crippen molar-refractivity contribution in [3.8, 4) is 5.75 Å². The lowest BCUT2D eigenvalue weighted by atomic mass is 9.75. The Morgan fingerprint density at radius 3 is 1.86 bits per heavy atom. The molecular weight excluding hydrogens is 274 g/mol. The molecule has 1 aromatic carbocycles. The minimum absolute atomic E-state index is 0.169. The van der Waals surface area contributed by atoms with E-state index in [1.165, 1.54) is 6.08 Å². The first-order valence-electron chi connectivity index (χ1n) is 7.90. The molecule has 0 fully saturated rings. The number of anilines is 1. The molecule has 1 aromatic rings. The number of amides is 1. The molecule has 0 aliphatic rings. The molecule has 0 radical (unpaired) electrons. The molecule has 3 nitrogen and oxygen atoms in total. The summed E-state index contributed by atoms with van der Waals surface area (Å²) >= 11 is 0. The summed E-state index contributed by atoms with van der Waals surface area (Å²) in [5.74, 6) is 0.0986. The Balaban J connectivity index is 3.57. The van der Waals surface area contributed by atoms with Crippen molar-refractivity contribution < 1.29 is 9.90 Å². The van der Waals surface area contributed by atoms with E-state index in [0.29, 0.717) is 11.4 Å². The molecule has 2 N–H and O–H groups in total. The van der Waals surface area contributed by atoms with Gasteiger partial charge in [0.05, 0.1) is 0 Å². The van der Waals surface area contributed by atoms with Crippen LogP contribution in [0.15, 0.2) is 24.8 Å². The molecule has 0 atom stereocenters. The Morgan fingerprint density at radius 1 is 1.14 bits per heavy atom. The molecule has 0 saturated carbocycles. The normalized spacial score (nSPS) is 12.1. The highest BCUT2D eigenvalue weighted by molar-refractivity contribution is 5.99. The van der Waals surface area contributed by atoms with Crippen LogP contribution in [0.3, 0.4) is 0 Å². The van der Waals surface area contributed by atoms with Crippen molar-refractivity contribution in [2.45, 2.75) is 65.2 Å². The molecule has 3 heteroatoms. The van der Waals surface area contributed by atoms with Gasteiger partial charge in [-0.15, -0.1) is 0 Å². The van der Waals surface area contributed by atoms with Crippen molar-refractivity contribution in [2.75, 3.05) is 5.32 Å². The average molecular weight is 303 g/mol. The van der Waals surface area contributed by atoms with Crippen LogP contribution < -0.4 is 5.32 Å². The van der Waals surface area contributed by atoms with Crippen LogP contribution in [0.1, 0.15) is 65.5 Å². The molecule has 0 aromatic heterocycles. The summed E-state index contributed by atoms with van der Waals surface area (Å²) in [6.45, 7) is 16.1. The largest absolute Gasteiger partial charge is 0.507 e. The Kier molecular flexibility index (Phi) is 5.44. The Morgan fingerprint density at radius 2 is 1.55 bits per heavy atom. The lowest BCUT2D eigenvalue weighted by molar-refractivity contribution is -0.111. The number of aromatic hydroxyl groups is 1. The summed E-state index contributed by atoms with van der Waals surface area (Å²) < 4.78 is 0. The summed E-state index contributed by atoms with van der Waals surface area (Å²) in [5, 5.41) is 13.6. The van der Waals surface area contributed by atoms with Crippen molar-refractivity contribution in [2.24, 2.45) is 0 Å². The summed E-state index contributed by atoms with van der Waals surface area (Å²) in [6, 6.07) is 3.74. The Bertz CT molecular complexity index is 534. The molecule has 1 amide bonds. The molecule has 0 spiro atoms. The number of benzene rings is 1. The number of phenolic OH excluding ortho intramolecular Hbond substituents is 1. The maximum absolute atomic E-state index is 11.6. The minimum Gasteiger partial charge on any atom is -0.507 e. The summed E-state index contributed by atoms with van der Waals surface area (Å²) in [7, 11) is 0. The first kappa shape index (κ1) is 18.3. The zero-order valence-corrected chi connectivity index (χ0v) is 14.7. The van der Waals surface area contributed by atoms with E-state index < -0.39 is 0 Å².